The number of amides is 1. The average molecular weight is 550 g/mol. The lowest BCUT2D eigenvalue weighted by Crippen LogP contribution is -2.54. The number of hydrogen-bond acceptors (Lipinski definition) is 5. The summed E-state index contributed by atoms with van der Waals surface area (Å²) < 4.78 is 86.6. The quantitative estimate of drug-likeness (QED) is 0.487. The fourth-order valence-corrected chi connectivity index (χ4v) is 6.60. The van der Waals surface area contributed by atoms with Crippen molar-refractivity contribution in [2.75, 3.05) is 50.8 Å². The average Bonchev–Trinajstić information content (AvgIpc) is 3.53. The van der Waals surface area contributed by atoms with Crippen LogP contribution in [0.5, 0.6) is 0 Å². The molecule has 0 N–H and O–H groups in total. The summed E-state index contributed by atoms with van der Waals surface area (Å²) in [5, 5.41) is 0. The second-order valence-electron chi connectivity index (χ2n) is 11.2. The topological polar surface area (TPSA) is 45.2 Å². The lowest BCUT2D eigenvalue weighted by atomic mass is 9.84. The number of alkyl halides is 6. The van der Waals surface area contributed by atoms with Crippen LogP contribution >= 0.6 is 0 Å². The first kappa shape index (κ1) is 27.4. The van der Waals surface area contributed by atoms with E-state index in [1.165, 1.54) is 16.8 Å². The van der Waals surface area contributed by atoms with Crippen LogP contribution in [0.2, 0.25) is 0 Å². The molecule has 0 aromatic heterocycles. The first-order chi connectivity index (χ1) is 17.9. The number of ether oxygens (including phenoxy) is 2. The summed E-state index contributed by atoms with van der Waals surface area (Å²) in [6, 6.07) is 6.47. The van der Waals surface area contributed by atoms with Gasteiger partial charge in [-0.1, -0.05) is 12.1 Å². The zero-order chi connectivity index (χ0) is 27.3. The highest BCUT2D eigenvalue weighted by atomic mass is 19.4. The molecule has 1 spiro atoms. The van der Waals surface area contributed by atoms with Gasteiger partial charge in [0, 0.05) is 55.8 Å². The van der Waals surface area contributed by atoms with Crippen molar-refractivity contribution in [2.45, 2.75) is 63.1 Å². The van der Waals surface area contributed by atoms with Crippen LogP contribution in [0.25, 0.3) is 0 Å². The Balaban J connectivity index is 1.25. The molecule has 2 unspecified atom stereocenters. The Bertz CT molecular complexity index is 998. The van der Waals surface area contributed by atoms with Crippen molar-refractivity contribution in [2.24, 2.45) is 11.8 Å². The molecule has 4 saturated heterocycles. The summed E-state index contributed by atoms with van der Waals surface area (Å²) in [4.78, 5) is 18.1. The van der Waals surface area contributed by atoms with Crippen molar-refractivity contribution < 1.29 is 40.6 Å². The number of carbonyl (C=O) groups is 1. The van der Waals surface area contributed by atoms with E-state index in [4.69, 9.17) is 4.74 Å². The fraction of sp³-hybridized carbons (Fsp3) is 0.731. The highest BCUT2D eigenvalue weighted by molar-refractivity contribution is 5.68. The Kier molecular flexibility index (Phi) is 7.25. The van der Waals surface area contributed by atoms with Crippen LogP contribution in [-0.4, -0.2) is 85.8 Å². The molecule has 1 amide bonds. The zero-order valence-electron chi connectivity index (χ0n) is 21.3. The summed E-state index contributed by atoms with van der Waals surface area (Å²) in [5.74, 6) is 1.08. The number of fused-ring (bicyclic) bond motifs is 1. The number of benzene rings is 1. The Hall–Kier alpha value is -2.21. The molecular weight excluding hydrogens is 516 g/mol. The van der Waals surface area contributed by atoms with E-state index in [9.17, 15) is 31.1 Å². The Labute approximate surface area is 217 Å². The number of carbonyl (C=O) groups excluding carboxylic acids is 1. The fourth-order valence-electron chi connectivity index (χ4n) is 6.60. The monoisotopic (exact) mass is 549 g/mol. The standard InChI is InChI=1S/C26H33F6N3O3/c1-17-3-4-18(21(11-17)34-12-19-15-37-16-20(19)13-34)14-35-8-2-5-24(35)6-9-33(10-7-24)23(36)38-22(25(27,28)29)26(30,31)32/h3-4,11,19-20,22H,2,5-10,12-16H2,1H3. The van der Waals surface area contributed by atoms with Gasteiger partial charge in [0.15, 0.2) is 0 Å². The highest BCUT2D eigenvalue weighted by Crippen LogP contribution is 2.42. The van der Waals surface area contributed by atoms with Gasteiger partial charge < -0.3 is 19.3 Å². The molecule has 0 saturated carbocycles. The van der Waals surface area contributed by atoms with E-state index < -0.39 is 24.5 Å². The van der Waals surface area contributed by atoms with E-state index in [-0.39, 0.29) is 18.6 Å². The summed E-state index contributed by atoms with van der Waals surface area (Å²) in [6.07, 6.45) is -14.4. The van der Waals surface area contributed by atoms with Gasteiger partial charge >= 0.3 is 18.4 Å². The van der Waals surface area contributed by atoms with Gasteiger partial charge in [0.05, 0.1) is 13.2 Å². The van der Waals surface area contributed by atoms with Crippen LogP contribution in [-0.2, 0) is 16.0 Å². The molecule has 4 aliphatic heterocycles. The number of nitrogens with zero attached hydrogens (tertiary/aromatic N) is 3. The maximum atomic E-state index is 12.8. The Morgan fingerprint density at radius 3 is 2.26 bits per heavy atom. The molecule has 0 aliphatic carbocycles. The van der Waals surface area contributed by atoms with Crippen LogP contribution in [0.15, 0.2) is 18.2 Å². The molecule has 0 radical (unpaired) electrons. The normalized spacial score (nSPS) is 26.0. The molecule has 4 heterocycles. The number of piperidine rings is 1. The first-order valence-corrected chi connectivity index (χ1v) is 13.1. The molecule has 2 atom stereocenters. The molecule has 4 fully saturated rings. The SMILES string of the molecule is Cc1ccc(CN2CCCC23CCN(C(=O)OC(C(F)(F)F)C(F)(F)F)CC3)c(N2CC3COCC3C2)c1. The van der Waals surface area contributed by atoms with E-state index >= 15 is 0 Å². The molecule has 4 aliphatic rings. The van der Waals surface area contributed by atoms with E-state index in [0.717, 1.165) is 50.6 Å². The largest absolute Gasteiger partial charge is 0.434 e. The van der Waals surface area contributed by atoms with E-state index in [1.54, 1.807) is 0 Å². The maximum Gasteiger partial charge on any atom is 0.434 e. The lowest BCUT2D eigenvalue weighted by Gasteiger charge is -2.45. The van der Waals surface area contributed by atoms with E-state index in [2.05, 4.69) is 39.7 Å². The van der Waals surface area contributed by atoms with Gasteiger partial charge in [-0.25, -0.2) is 4.79 Å². The second-order valence-corrected chi connectivity index (χ2v) is 11.2. The summed E-state index contributed by atoms with van der Waals surface area (Å²) in [7, 11) is 0. The molecule has 5 rings (SSSR count). The molecule has 1 aromatic rings. The van der Waals surface area contributed by atoms with Crippen molar-refractivity contribution in [3.63, 3.8) is 0 Å². The molecule has 1 aromatic carbocycles. The number of hydrogen-bond donors (Lipinski definition) is 0. The lowest BCUT2D eigenvalue weighted by molar-refractivity contribution is -0.308. The zero-order valence-corrected chi connectivity index (χ0v) is 21.3. The Morgan fingerprint density at radius 1 is 1.03 bits per heavy atom. The minimum Gasteiger partial charge on any atom is -0.426 e. The third-order valence-corrected chi connectivity index (χ3v) is 8.69. The first-order valence-electron chi connectivity index (χ1n) is 13.1. The number of rotatable bonds is 4. The molecular formula is C26H33F6N3O3. The van der Waals surface area contributed by atoms with Gasteiger partial charge in [0.25, 0.3) is 6.10 Å². The molecule has 12 heteroatoms. The maximum absolute atomic E-state index is 12.8. The van der Waals surface area contributed by atoms with Crippen LogP contribution in [0.3, 0.4) is 0 Å². The van der Waals surface area contributed by atoms with E-state index in [0.29, 0.717) is 31.2 Å². The van der Waals surface area contributed by atoms with E-state index in [1.807, 2.05) is 0 Å². The molecule has 0 bridgehead atoms. The van der Waals surface area contributed by atoms with Crippen molar-refractivity contribution in [3.05, 3.63) is 29.3 Å². The predicted octanol–water partition coefficient (Wildman–Crippen LogP) is 5.14. The number of halogens is 6. The van der Waals surface area contributed by atoms with Crippen molar-refractivity contribution in [3.8, 4) is 0 Å². The van der Waals surface area contributed by atoms with Crippen LogP contribution in [0.4, 0.5) is 36.8 Å². The van der Waals surface area contributed by atoms with Crippen molar-refractivity contribution >= 4 is 11.8 Å². The molecule has 38 heavy (non-hydrogen) atoms. The smallest absolute Gasteiger partial charge is 0.426 e. The van der Waals surface area contributed by atoms with Gasteiger partial charge in [-0.2, -0.15) is 26.3 Å². The minimum absolute atomic E-state index is 0.0496. The van der Waals surface area contributed by atoms with Gasteiger partial charge in [-0.15, -0.1) is 0 Å². The summed E-state index contributed by atoms with van der Waals surface area (Å²) >= 11 is 0. The third kappa shape index (κ3) is 5.43. The molecule has 6 nitrogen and oxygen atoms in total. The second kappa shape index (κ2) is 10.1. The van der Waals surface area contributed by atoms with Crippen molar-refractivity contribution in [1.82, 2.24) is 9.80 Å². The van der Waals surface area contributed by atoms with Crippen LogP contribution in [0, 0.1) is 18.8 Å². The van der Waals surface area contributed by atoms with Crippen molar-refractivity contribution in [1.29, 1.82) is 0 Å². The van der Waals surface area contributed by atoms with Gasteiger partial charge in [0.1, 0.15) is 0 Å². The number of aryl methyl sites for hydroxylation is 1. The summed E-state index contributed by atoms with van der Waals surface area (Å²) in [6.45, 7) is 7.23. The Morgan fingerprint density at radius 2 is 1.66 bits per heavy atom. The van der Waals surface area contributed by atoms with Crippen LogP contribution < -0.4 is 4.90 Å². The van der Waals surface area contributed by atoms with Gasteiger partial charge in [-0.3, -0.25) is 4.90 Å². The third-order valence-electron chi connectivity index (χ3n) is 8.69. The van der Waals surface area contributed by atoms with Crippen LogP contribution in [0.1, 0.15) is 36.8 Å². The number of likely N-dealkylation sites (tertiary alicyclic amines) is 2. The predicted molar refractivity (Wildman–Crippen MR) is 127 cm³/mol. The molecule has 212 valence electrons. The highest BCUT2D eigenvalue weighted by Gasteiger charge is 2.60. The summed E-state index contributed by atoms with van der Waals surface area (Å²) in [5.41, 5.74) is 3.35. The van der Waals surface area contributed by atoms with Gasteiger partial charge in [0.2, 0.25) is 0 Å². The minimum atomic E-state index is -5.72. The van der Waals surface area contributed by atoms with Gasteiger partial charge in [-0.05, 0) is 56.3 Å². The number of anilines is 1.